The zero-order valence-electron chi connectivity index (χ0n) is 13.6. The number of nitrogens with two attached hydrogens (primary N) is 1. The average Bonchev–Trinajstić information content (AvgIpc) is 2.53. The number of nitrogens with one attached hydrogen (secondary N) is 3. The van der Waals surface area contributed by atoms with Crippen LogP contribution in [0.4, 0.5) is 0 Å². The van der Waals surface area contributed by atoms with Crippen LogP contribution in [0.5, 0.6) is 0 Å². The Morgan fingerprint density at radius 2 is 1.65 bits per heavy atom. The summed E-state index contributed by atoms with van der Waals surface area (Å²) in [6.45, 7) is 3.16. The van der Waals surface area contributed by atoms with Gasteiger partial charge in [-0.25, -0.2) is 0 Å². The molecule has 0 aromatic carbocycles. The van der Waals surface area contributed by atoms with Gasteiger partial charge in [0.2, 0.25) is 17.7 Å². The molecule has 0 aliphatic carbocycles. The van der Waals surface area contributed by atoms with Crippen molar-refractivity contribution in [1.82, 2.24) is 16.0 Å². The molecule has 0 saturated carbocycles. The maximum absolute atomic E-state index is 11.6. The SMILES string of the molecule is CCCCNC(=O)C(N)CC(=O)NCCOCCNC(=O)CO. The van der Waals surface area contributed by atoms with E-state index in [0.29, 0.717) is 6.54 Å². The van der Waals surface area contributed by atoms with Gasteiger partial charge in [0.05, 0.1) is 25.7 Å². The topological polar surface area (TPSA) is 143 Å². The molecule has 9 nitrogen and oxygen atoms in total. The van der Waals surface area contributed by atoms with E-state index in [4.69, 9.17) is 15.6 Å². The summed E-state index contributed by atoms with van der Waals surface area (Å²) >= 11 is 0. The van der Waals surface area contributed by atoms with Crippen molar-refractivity contribution in [2.75, 3.05) is 39.5 Å². The Kier molecular flexibility index (Phi) is 12.9. The molecule has 0 aliphatic rings. The van der Waals surface area contributed by atoms with Crippen LogP contribution in [0.1, 0.15) is 26.2 Å². The predicted octanol–water partition coefficient (Wildman–Crippen LogP) is -2.14. The number of rotatable bonds is 13. The summed E-state index contributed by atoms with van der Waals surface area (Å²) in [6.07, 6.45) is 1.77. The number of amides is 3. The van der Waals surface area contributed by atoms with Crippen molar-refractivity contribution in [2.45, 2.75) is 32.2 Å². The van der Waals surface area contributed by atoms with E-state index in [2.05, 4.69) is 16.0 Å². The van der Waals surface area contributed by atoms with Gasteiger partial charge in [-0.2, -0.15) is 0 Å². The van der Waals surface area contributed by atoms with E-state index in [9.17, 15) is 14.4 Å². The standard InChI is InChI=1S/C14H28N4O5/c1-2-3-4-18-14(22)11(15)9-12(20)16-5-7-23-8-6-17-13(21)10-19/h11,19H,2-10,15H2,1H3,(H,16,20)(H,17,21)(H,18,22). The highest BCUT2D eigenvalue weighted by Crippen LogP contribution is 1.90. The highest BCUT2D eigenvalue weighted by atomic mass is 16.5. The Hall–Kier alpha value is -1.71. The molecule has 0 bridgehead atoms. The Bertz CT molecular complexity index is 365. The Morgan fingerprint density at radius 3 is 2.22 bits per heavy atom. The van der Waals surface area contributed by atoms with Gasteiger partial charge >= 0.3 is 0 Å². The Balaban J connectivity index is 3.59. The largest absolute Gasteiger partial charge is 0.387 e. The summed E-state index contributed by atoms with van der Waals surface area (Å²) in [5, 5.41) is 16.2. The van der Waals surface area contributed by atoms with E-state index in [0.717, 1.165) is 12.8 Å². The van der Waals surface area contributed by atoms with Gasteiger partial charge in [0.25, 0.3) is 0 Å². The third-order valence-electron chi connectivity index (χ3n) is 2.85. The minimum atomic E-state index is -0.860. The van der Waals surface area contributed by atoms with Crippen molar-refractivity contribution in [2.24, 2.45) is 5.73 Å². The van der Waals surface area contributed by atoms with Crippen molar-refractivity contribution >= 4 is 17.7 Å². The van der Waals surface area contributed by atoms with Gasteiger partial charge in [0, 0.05) is 19.6 Å². The van der Waals surface area contributed by atoms with Gasteiger partial charge in [-0.3, -0.25) is 14.4 Å². The summed E-state index contributed by atoms with van der Waals surface area (Å²) in [6, 6.07) is -0.860. The maximum atomic E-state index is 11.6. The predicted molar refractivity (Wildman–Crippen MR) is 84.4 cm³/mol. The van der Waals surface area contributed by atoms with Crippen molar-refractivity contribution in [3.63, 3.8) is 0 Å². The van der Waals surface area contributed by atoms with Crippen LogP contribution < -0.4 is 21.7 Å². The maximum Gasteiger partial charge on any atom is 0.245 e. The first-order valence-corrected chi connectivity index (χ1v) is 7.76. The molecule has 0 rings (SSSR count). The van der Waals surface area contributed by atoms with Gasteiger partial charge < -0.3 is 31.5 Å². The van der Waals surface area contributed by atoms with Gasteiger partial charge in [-0.05, 0) is 6.42 Å². The number of carbonyl (C=O) groups is 3. The van der Waals surface area contributed by atoms with Crippen LogP contribution in [-0.4, -0.2) is 68.3 Å². The molecular formula is C14H28N4O5. The third kappa shape index (κ3) is 12.5. The molecule has 0 fully saturated rings. The van der Waals surface area contributed by atoms with Crippen LogP contribution in [0.25, 0.3) is 0 Å². The summed E-state index contributed by atoms with van der Waals surface area (Å²) in [5.74, 6) is -1.11. The first kappa shape index (κ1) is 21.3. The minimum absolute atomic E-state index is 0.0789. The number of ether oxygens (including phenoxy) is 1. The first-order chi connectivity index (χ1) is 11.0. The number of aliphatic hydroxyl groups excluding tert-OH is 1. The summed E-state index contributed by atoms with van der Waals surface area (Å²) in [5.41, 5.74) is 5.65. The van der Waals surface area contributed by atoms with Gasteiger partial charge in [0.15, 0.2) is 0 Å². The number of hydrogen-bond donors (Lipinski definition) is 5. The van der Waals surface area contributed by atoms with Crippen LogP contribution in [-0.2, 0) is 19.1 Å². The van der Waals surface area contributed by atoms with E-state index >= 15 is 0 Å². The fraction of sp³-hybridized carbons (Fsp3) is 0.786. The first-order valence-electron chi connectivity index (χ1n) is 7.76. The molecule has 134 valence electrons. The minimum Gasteiger partial charge on any atom is -0.387 e. The molecule has 1 unspecified atom stereocenters. The van der Waals surface area contributed by atoms with Crippen LogP contribution in [0.15, 0.2) is 0 Å². The molecule has 0 radical (unpaired) electrons. The van der Waals surface area contributed by atoms with Crippen molar-refractivity contribution in [3.8, 4) is 0 Å². The molecule has 9 heteroatoms. The number of carbonyl (C=O) groups excluding carboxylic acids is 3. The van der Waals surface area contributed by atoms with Gasteiger partial charge in [0.1, 0.15) is 6.61 Å². The van der Waals surface area contributed by atoms with Gasteiger partial charge in [-0.15, -0.1) is 0 Å². The second-order valence-electron chi connectivity index (χ2n) is 4.93. The zero-order valence-corrected chi connectivity index (χ0v) is 13.6. The monoisotopic (exact) mass is 332 g/mol. The molecule has 23 heavy (non-hydrogen) atoms. The van der Waals surface area contributed by atoms with Crippen LogP contribution in [0, 0.1) is 0 Å². The normalized spacial score (nSPS) is 11.6. The molecule has 0 heterocycles. The lowest BCUT2D eigenvalue weighted by Gasteiger charge is -2.12. The third-order valence-corrected chi connectivity index (χ3v) is 2.85. The summed E-state index contributed by atoms with van der Waals surface area (Å²) < 4.78 is 5.18. The zero-order chi connectivity index (χ0) is 17.5. The number of hydrogen-bond acceptors (Lipinski definition) is 6. The van der Waals surface area contributed by atoms with E-state index < -0.39 is 18.6 Å². The number of unbranched alkanes of at least 4 members (excludes halogenated alkanes) is 1. The number of aliphatic hydroxyl groups is 1. The average molecular weight is 332 g/mol. The van der Waals surface area contributed by atoms with E-state index in [1.54, 1.807) is 0 Å². The van der Waals surface area contributed by atoms with Crippen LogP contribution in [0.2, 0.25) is 0 Å². The lowest BCUT2D eigenvalue weighted by molar-refractivity contribution is -0.127. The van der Waals surface area contributed by atoms with E-state index in [1.165, 1.54) is 0 Å². The highest BCUT2D eigenvalue weighted by Gasteiger charge is 2.16. The smallest absolute Gasteiger partial charge is 0.245 e. The molecule has 0 aromatic rings. The Labute approximate surface area is 136 Å². The summed E-state index contributed by atoms with van der Waals surface area (Å²) in [7, 11) is 0. The van der Waals surface area contributed by atoms with Crippen LogP contribution >= 0.6 is 0 Å². The quantitative estimate of drug-likeness (QED) is 0.244. The fourth-order valence-corrected chi connectivity index (χ4v) is 1.57. The van der Waals surface area contributed by atoms with Crippen molar-refractivity contribution < 1.29 is 24.2 Å². The lowest BCUT2D eigenvalue weighted by atomic mass is 10.2. The molecule has 3 amide bonds. The van der Waals surface area contributed by atoms with Crippen molar-refractivity contribution in [1.29, 1.82) is 0 Å². The molecule has 0 saturated heterocycles. The molecule has 0 aromatic heterocycles. The fourth-order valence-electron chi connectivity index (χ4n) is 1.57. The molecule has 0 aliphatic heterocycles. The van der Waals surface area contributed by atoms with Crippen LogP contribution in [0.3, 0.4) is 0 Å². The highest BCUT2D eigenvalue weighted by molar-refractivity contribution is 5.88. The van der Waals surface area contributed by atoms with E-state index in [-0.39, 0.29) is 44.5 Å². The molecule has 1 atom stereocenters. The molecule has 6 N–H and O–H groups in total. The molecular weight excluding hydrogens is 304 g/mol. The second-order valence-corrected chi connectivity index (χ2v) is 4.93. The molecule has 0 spiro atoms. The van der Waals surface area contributed by atoms with Gasteiger partial charge in [-0.1, -0.05) is 13.3 Å². The van der Waals surface area contributed by atoms with Crippen molar-refractivity contribution in [3.05, 3.63) is 0 Å². The Morgan fingerprint density at radius 1 is 1.04 bits per heavy atom. The second kappa shape index (κ2) is 13.9. The summed E-state index contributed by atoms with van der Waals surface area (Å²) in [4.78, 5) is 33.9. The lowest BCUT2D eigenvalue weighted by Crippen LogP contribution is -2.44. The van der Waals surface area contributed by atoms with E-state index in [1.807, 2.05) is 6.92 Å².